The van der Waals surface area contributed by atoms with Gasteiger partial charge in [-0.2, -0.15) is 0 Å². The van der Waals surface area contributed by atoms with E-state index < -0.39 is 0 Å². The molecule has 1 heterocycles. The molecule has 1 aliphatic heterocycles. The van der Waals surface area contributed by atoms with E-state index in [4.69, 9.17) is 11.6 Å². The van der Waals surface area contributed by atoms with Crippen LogP contribution in [0.3, 0.4) is 0 Å². The number of rotatable bonds is 2. The van der Waals surface area contributed by atoms with Crippen molar-refractivity contribution in [3.63, 3.8) is 0 Å². The number of hydrogen-bond acceptors (Lipinski definition) is 1. The van der Waals surface area contributed by atoms with Crippen LogP contribution >= 0.6 is 11.6 Å². The molecule has 110 valence electrons. The van der Waals surface area contributed by atoms with Crippen LogP contribution in [0.2, 0.25) is 5.02 Å². The van der Waals surface area contributed by atoms with Crippen molar-refractivity contribution >= 4 is 11.6 Å². The summed E-state index contributed by atoms with van der Waals surface area (Å²) in [5.41, 5.74) is 5.76. The molecule has 2 aromatic carbocycles. The summed E-state index contributed by atoms with van der Waals surface area (Å²) in [6.45, 7) is 6.62. The van der Waals surface area contributed by atoms with E-state index in [1.54, 1.807) is 5.56 Å². The van der Waals surface area contributed by atoms with Gasteiger partial charge in [0.05, 0.1) is 0 Å². The van der Waals surface area contributed by atoms with E-state index in [0.29, 0.717) is 11.8 Å². The van der Waals surface area contributed by atoms with Gasteiger partial charge in [-0.1, -0.05) is 41.9 Å². The maximum absolute atomic E-state index is 6.04. The van der Waals surface area contributed by atoms with Crippen molar-refractivity contribution in [1.29, 1.82) is 0 Å². The second-order valence-electron chi connectivity index (χ2n) is 6.06. The van der Waals surface area contributed by atoms with Crippen LogP contribution in [0.25, 0.3) is 0 Å². The third-order valence-corrected chi connectivity index (χ3v) is 4.95. The quantitative estimate of drug-likeness (QED) is 0.838. The standard InChI is InChI=1S/C19H22ClN/c1-13-4-3-5-14(2)19(13)17-10-11-21-12-18(17)15-6-8-16(20)9-7-15/h3-9,17-18,21H,10-12H2,1-2H3. The summed E-state index contributed by atoms with van der Waals surface area (Å²) >= 11 is 6.04. The van der Waals surface area contributed by atoms with Crippen LogP contribution in [0, 0.1) is 13.8 Å². The van der Waals surface area contributed by atoms with E-state index in [2.05, 4.69) is 49.5 Å². The Kier molecular flexibility index (Phi) is 4.32. The molecule has 1 nitrogen and oxygen atoms in total. The Balaban J connectivity index is 2.00. The smallest absolute Gasteiger partial charge is 0.0406 e. The lowest BCUT2D eigenvalue weighted by atomic mass is 9.75. The Morgan fingerprint density at radius 1 is 0.952 bits per heavy atom. The SMILES string of the molecule is Cc1cccc(C)c1C1CCNCC1c1ccc(Cl)cc1. The maximum Gasteiger partial charge on any atom is 0.0406 e. The van der Waals surface area contributed by atoms with Crippen molar-refractivity contribution in [2.75, 3.05) is 13.1 Å². The van der Waals surface area contributed by atoms with E-state index in [0.717, 1.165) is 18.1 Å². The maximum atomic E-state index is 6.04. The molecule has 2 aromatic rings. The third-order valence-electron chi connectivity index (χ3n) is 4.69. The Hall–Kier alpha value is -1.31. The molecule has 0 spiro atoms. The molecule has 1 saturated heterocycles. The highest BCUT2D eigenvalue weighted by atomic mass is 35.5. The normalized spacial score (nSPS) is 22.2. The molecule has 1 aliphatic rings. The van der Waals surface area contributed by atoms with Gasteiger partial charge in [-0.25, -0.2) is 0 Å². The van der Waals surface area contributed by atoms with Crippen LogP contribution in [-0.2, 0) is 0 Å². The second-order valence-corrected chi connectivity index (χ2v) is 6.50. The van der Waals surface area contributed by atoms with Crippen LogP contribution < -0.4 is 5.32 Å². The van der Waals surface area contributed by atoms with E-state index in [1.165, 1.54) is 23.1 Å². The minimum absolute atomic E-state index is 0.524. The summed E-state index contributed by atoms with van der Waals surface area (Å²) in [6, 6.07) is 15.0. The molecule has 1 fully saturated rings. The number of nitrogens with one attached hydrogen (secondary N) is 1. The van der Waals surface area contributed by atoms with Crippen LogP contribution in [0.5, 0.6) is 0 Å². The average molecular weight is 300 g/mol. The van der Waals surface area contributed by atoms with Crippen molar-refractivity contribution in [2.24, 2.45) is 0 Å². The van der Waals surface area contributed by atoms with Gasteiger partial charge in [-0.15, -0.1) is 0 Å². The Morgan fingerprint density at radius 3 is 2.29 bits per heavy atom. The van der Waals surface area contributed by atoms with Gasteiger partial charge in [0, 0.05) is 17.5 Å². The molecule has 2 heteroatoms. The molecule has 0 radical (unpaired) electrons. The molecule has 0 aromatic heterocycles. The van der Waals surface area contributed by atoms with Crippen molar-refractivity contribution in [3.05, 3.63) is 69.7 Å². The molecule has 0 bridgehead atoms. The predicted molar refractivity (Wildman–Crippen MR) is 90.3 cm³/mol. The lowest BCUT2D eigenvalue weighted by Crippen LogP contribution is -2.34. The highest BCUT2D eigenvalue weighted by Crippen LogP contribution is 2.40. The third kappa shape index (κ3) is 3.00. The van der Waals surface area contributed by atoms with Gasteiger partial charge in [0.1, 0.15) is 0 Å². The monoisotopic (exact) mass is 299 g/mol. The largest absolute Gasteiger partial charge is 0.316 e. The van der Waals surface area contributed by atoms with Gasteiger partial charge < -0.3 is 5.32 Å². The van der Waals surface area contributed by atoms with Crippen molar-refractivity contribution in [3.8, 4) is 0 Å². The Morgan fingerprint density at radius 2 is 1.62 bits per heavy atom. The van der Waals surface area contributed by atoms with Crippen LogP contribution in [0.4, 0.5) is 0 Å². The number of halogens is 1. The van der Waals surface area contributed by atoms with Gasteiger partial charge in [0.25, 0.3) is 0 Å². The van der Waals surface area contributed by atoms with Crippen LogP contribution in [-0.4, -0.2) is 13.1 Å². The second kappa shape index (κ2) is 6.21. The number of hydrogen-bond donors (Lipinski definition) is 1. The minimum Gasteiger partial charge on any atom is -0.316 e. The summed E-state index contributed by atoms with van der Waals surface area (Å²) in [4.78, 5) is 0. The topological polar surface area (TPSA) is 12.0 Å². The fourth-order valence-corrected chi connectivity index (χ4v) is 3.80. The van der Waals surface area contributed by atoms with E-state index in [1.807, 2.05) is 12.1 Å². The first kappa shape index (κ1) is 14.6. The molecule has 2 atom stereocenters. The Labute approximate surface area is 132 Å². The fourth-order valence-electron chi connectivity index (χ4n) is 3.68. The summed E-state index contributed by atoms with van der Waals surface area (Å²) < 4.78 is 0. The molecular weight excluding hydrogens is 278 g/mol. The summed E-state index contributed by atoms with van der Waals surface area (Å²) in [6.07, 6.45) is 1.19. The minimum atomic E-state index is 0.524. The average Bonchev–Trinajstić information content (AvgIpc) is 2.48. The lowest BCUT2D eigenvalue weighted by Gasteiger charge is -2.35. The number of benzene rings is 2. The van der Waals surface area contributed by atoms with Crippen molar-refractivity contribution in [1.82, 2.24) is 5.32 Å². The molecule has 0 aliphatic carbocycles. The molecule has 3 rings (SSSR count). The zero-order valence-corrected chi connectivity index (χ0v) is 13.5. The zero-order chi connectivity index (χ0) is 14.8. The predicted octanol–water partition coefficient (Wildman–Crippen LogP) is 4.82. The first-order valence-electron chi connectivity index (χ1n) is 7.69. The highest BCUT2D eigenvalue weighted by molar-refractivity contribution is 6.30. The van der Waals surface area contributed by atoms with Gasteiger partial charge in [0.15, 0.2) is 0 Å². The van der Waals surface area contributed by atoms with E-state index in [-0.39, 0.29) is 0 Å². The molecule has 1 N–H and O–H groups in total. The molecule has 0 saturated carbocycles. The van der Waals surface area contributed by atoms with Crippen LogP contribution in [0.1, 0.15) is 40.5 Å². The lowest BCUT2D eigenvalue weighted by molar-refractivity contribution is 0.402. The van der Waals surface area contributed by atoms with E-state index in [9.17, 15) is 0 Å². The first-order valence-corrected chi connectivity index (χ1v) is 8.07. The highest BCUT2D eigenvalue weighted by Gasteiger charge is 2.29. The molecule has 0 amide bonds. The summed E-state index contributed by atoms with van der Waals surface area (Å²) in [7, 11) is 0. The molecule has 21 heavy (non-hydrogen) atoms. The number of aryl methyl sites for hydroxylation is 2. The fraction of sp³-hybridized carbons (Fsp3) is 0.368. The Bertz CT molecular complexity index is 598. The van der Waals surface area contributed by atoms with Gasteiger partial charge in [0.2, 0.25) is 0 Å². The van der Waals surface area contributed by atoms with Crippen molar-refractivity contribution in [2.45, 2.75) is 32.1 Å². The molecular formula is C19H22ClN. The summed E-state index contributed by atoms with van der Waals surface area (Å²) in [5, 5.41) is 4.36. The first-order chi connectivity index (χ1) is 10.2. The van der Waals surface area contributed by atoms with Gasteiger partial charge in [-0.3, -0.25) is 0 Å². The van der Waals surface area contributed by atoms with E-state index >= 15 is 0 Å². The van der Waals surface area contributed by atoms with Crippen molar-refractivity contribution < 1.29 is 0 Å². The van der Waals surface area contributed by atoms with Gasteiger partial charge in [-0.05, 0) is 67.1 Å². The number of piperidine rings is 1. The molecule has 2 unspecified atom stereocenters. The zero-order valence-electron chi connectivity index (χ0n) is 12.7. The van der Waals surface area contributed by atoms with Gasteiger partial charge >= 0.3 is 0 Å². The summed E-state index contributed by atoms with van der Waals surface area (Å²) in [5.74, 6) is 1.12. The van der Waals surface area contributed by atoms with Crippen LogP contribution in [0.15, 0.2) is 42.5 Å².